The first kappa shape index (κ1) is 11.8. The minimum atomic E-state index is -0.440. The Kier molecular flexibility index (Phi) is 3.47. The van der Waals surface area contributed by atoms with Gasteiger partial charge in [-0.25, -0.2) is 0 Å². The van der Waals surface area contributed by atoms with Gasteiger partial charge in [0, 0.05) is 19.6 Å². The van der Waals surface area contributed by atoms with Gasteiger partial charge >= 0.3 is 0 Å². The largest absolute Gasteiger partial charge is 0.379 e. The van der Waals surface area contributed by atoms with E-state index in [9.17, 15) is 4.79 Å². The number of nitrogens with two attached hydrogens (primary N) is 1. The van der Waals surface area contributed by atoms with Crippen LogP contribution in [0.2, 0.25) is 0 Å². The second kappa shape index (κ2) is 4.69. The van der Waals surface area contributed by atoms with Crippen LogP contribution in [0, 0.1) is 11.3 Å². The number of nitrogens with one attached hydrogen (secondary N) is 1. The van der Waals surface area contributed by atoms with Gasteiger partial charge in [0.25, 0.3) is 0 Å². The average molecular weight is 227 g/mol. The van der Waals surface area contributed by atoms with Gasteiger partial charge in [-0.05, 0) is 25.9 Å². The van der Waals surface area contributed by atoms with Gasteiger partial charge in [-0.2, -0.15) is 0 Å². The molecule has 3 N–H and O–H groups in total. The van der Waals surface area contributed by atoms with Crippen molar-refractivity contribution in [3.8, 4) is 0 Å². The molecule has 2 saturated heterocycles. The zero-order valence-electron chi connectivity index (χ0n) is 9.87. The third kappa shape index (κ3) is 2.21. The standard InChI is InChI=1S/C11H21N3O2/c1-14-3-2-9(5-14)4-13-10(15)11(6-12)7-16-8-11/h9H,2-8,12H2,1H3,(H,13,15). The van der Waals surface area contributed by atoms with Gasteiger partial charge in [-0.15, -0.1) is 0 Å². The van der Waals surface area contributed by atoms with Gasteiger partial charge in [-0.1, -0.05) is 0 Å². The van der Waals surface area contributed by atoms with Gasteiger partial charge in [0.05, 0.1) is 13.2 Å². The van der Waals surface area contributed by atoms with Crippen LogP contribution in [0.15, 0.2) is 0 Å². The van der Waals surface area contributed by atoms with Gasteiger partial charge in [0.2, 0.25) is 5.91 Å². The first-order chi connectivity index (χ1) is 7.66. The predicted octanol–water partition coefficient (Wildman–Crippen LogP) is -0.970. The van der Waals surface area contributed by atoms with Crippen LogP contribution in [0.4, 0.5) is 0 Å². The van der Waals surface area contributed by atoms with Crippen molar-refractivity contribution in [2.45, 2.75) is 6.42 Å². The zero-order valence-corrected chi connectivity index (χ0v) is 9.87. The predicted molar refractivity (Wildman–Crippen MR) is 60.9 cm³/mol. The van der Waals surface area contributed by atoms with E-state index in [1.165, 1.54) is 6.42 Å². The molecular weight excluding hydrogens is 206 g/mol. The number of ether oxygens (including phenoxy) is 1. The van der Waals surface area contributed by atoms with Crippen LogP contribution in [0.1, 0.15) is 6.42 Å². The molecule has 16 heavy (non-hydrogen) atoms. The lowest BCUT2D eigenvalue weighted by Crippen LogP contribution is -2.58. The lowest BCUT2D eigenvalue weighted by atomic mass is 9.85. The maximum atomic E-state index is 11.9. The maximum absolute atomic E-state index is 11.9. The molecule has 2 heterocycles. The molecule has 0 aromatic heterocycles. The molecule has 0 bridgehead atoms. The van der Waals surface area contributed by atoms with Crippen molar-refractivity contribution in [2.75, 3.05) is 46.4 Å². The third-order valence-electron chi connectivity index (χ3n) is 3.67. The summed E-state index contributed by atoms with van der Waals surface area (Å²) >= 11 is 0. The lowest BCUT2D eigenvalue weighted by molar-refractivity contribution is -0.159. The van der Waals surface area contributed by atoms with Gasteiger partial charge in [0.1, 0.15) is 5.41 Å². The second-order valence-electron chi connectivity index (χ2n) is 5.10. The summed E-state index contributed by atoms with van der Waals surface area (Å²) < 4.78 is 5.09. The smallest absolute Gasteiger partial charge is 0.232 e. The molecule has 0 aromatic carbocycles. The van der Waals surface area contributed by atoms with E-state index in [4.69, 9.17) is 10.5 Å². The Morgan fingerprint density at radius 2 is 2.38 bits per heavy atom. The number of rotatable bonds is 4. The van der Waals surface area contributed by atoms with E-state index in [1.54, 1.807) is 0 Å². The summed E-state index contributed by atoms with van der Waals surface area (Å²) in [6.07, 6.45) is 1.17. The molecular formula is C11H21N3O2. The number of hydrogen-bond acceptors (Lipinski definition) is 4. The summed E-state index contributed by atoms with van der Waals surface area (Å²) in [6.45, 7) is 4.30. The monoisotopic (exact) mass is 227 g/mol. The van der Waals surface area contributed by atoms with Crippen molar-refractivity contribution >= 4 is 5.91 Å². The van der Waals surface area contributed by atoms with Crippen molar-refractivity contribution in [2.24, 2.45) is 17.1 Å². The van der Waals surface area contributed by atoms with Crippen LogP contribution in [0.25, 0.3) is 0 Å². The minimum Gasteiger partial charge on any atom is -0.379 e. The van der Waals surface area contributed by atoms with E-state index in [-0.39, 0.29) is 5.91 Å². The van der Waals surface area contributed by atoms with E-state index >= 15 is 0 Å². The number of carbonyl (C=O) groups excluding carboxylic acids is 1. The first-order valence-electron chi connectivity index (χ1n) is 5.91. The molecule has 1 unspecified atom stereocenters. The van der Waals surface area contributed by atoms with Crippen molar-refractivity contribution < 1.29 is 9.53 Å². The molecule has 5 nitrogen and oxygen atoms in total. The fraction of sp³-hybridized carbons (Fsp3) is 0.909. The van der Waals surface area contributed by atoms with Crippen LogP contribution in [-0.2, 0) is 9.53 Å². The fourth-order valence-corrected chi connectivity index (χ4v) is 2.31. The molecule has 92 valence electrons. The quantitative estimate of drug-likeness (QED) is 0.648. The van der Waals surface area contributed by atoms with Crippen molar-refractivity contribution in [3.63, 3.8) is 0 Å². The Bertz CT molecular complexity index is 260. The number of hydrogen-bond donors (Lipinski definition) is 2. The SMILES string of the molecule is CN1CCC(CNC(=O)C2(CN)COC2)C1. The van der Waals surface area contributed by atoms with Crippen molar-refractivity contribution in [1.82, 2.24) is 10.2 Å². The Hall–Kier alpha value is -0.650. The topological polar surface area (TPSA) is 67.6 Å². The normalized spacial score (nSPS) is 28.8. The Labute approximate surface area is 96.3 Å². The Morgan fingerprint density at radius 1 is 1.62 bits per heavy atom. The molecule has 1 atom stereocenters. The van der Waals surface area contributed by atoms with E-state index < -0.39 is 5.41 Å². The van der Waals surface area contributed by atoms with Crippen LogP contribution in [0.5, 0.6) is 0 Å². The second-order valence-corrected chi connectivity index (χ2v) is 5.10. The molecule has 2 fully saturated rings. The Morgan fingerprint density at radius 3 is 2.81 bits per heavy atom. The fourth-order valence-electron chi connectivity index (χ4n) is 2.31. The van der Waals surface area contributed by atoms with E-state index in [0.717, 1.165) is 19.6 Å². The van der Waals surface area contributed by atoms with Crippen molar-refractivity contribution in [3.05, 3.63) is 0 Å². The first-order valence-corrected chi connectivity index (χ1v) is 5.91. The summed E-state index contributed by atoms with van der Waals surface area (Å²) in [5.74, 6) is 0.653. The van der Waals surface area contributed by atoms with Gasteiger partial charge in [0.15, 0.2) is 0 Å². The van der Waals surface area contributed by atoms with Gasteiger partial charge < -0.3 is 20.7 Å². The molecule has 0 spiro atoms. The summed E-state index contributed by atoms with van der Waals surface area (Å²) in [5.41, 5.74) is 5.19. The number of nitrogens with zero attached hydrogens (tertiary/aromatic N) is 1. The molecule has 2 aliphatic heterocycles. The molecule has 0 saturated carbocycles. The third-order valence-corrected chi connectivity index (χ3v) is 3.67. The highest BCUT2D eigenvalue weighted by Crippen LogP contribution is 2.26. The van der Waals surface area contributed by atoms with E-state index in [2.05, 4.69) is 17.3 Å². The highest BCUT2D eigenvalue weighted by molar-refractivity contribution is 5.84. The van der Waals surface area contributed by atoms with Crippen LogP contribution < -0.4 is 11.1 Å². The summed E-state index contributed by atoms with van der Waals surface area (Å²) in [4.78, 5) is 14.2. The van der Waals surface area contributed by atoms with Crippen LogP contribution in [0.3, 0.4) is 0 Å². The molecule has 2 rings (SSSR count). The molecule has 0 aromatic rings. The van der Waals surface area contributed by atoms with E-state index in [1.807, 2.05) is 0 Å². The molecule has 5 heteroatoms. The summed E-state index contributed by atoms with van der Waals surface area (Å²) in [7, 11) is 2.11. The highest BCUT2D eigenvalue weighted by Gasteiger charge is 2.44. The molecule has 0 radical (unpaired) electrons. The Balaban J connectivity index is 1.75. The minimum absolute atomic E-state index is 0.0656. The average Bonchev–Trinajstić information content (AvgIpc) is 2.60. The zero-order chi connectivity index (χ0) is 11.6. The molecule has 0 aliphatic carbocycles. The van der Waals surface area contributed by atoms with Crippen molar-refractivity contribution in [1.29, 1.82) is 0 Å². The summed E-state index contributed by atoms with van der Waals surface area (Å²) in [6, 6.07) is 0. The molecule has 1 amide bonds. The van der Waals surface area contributed by atoms with Crippen LogP contribution in [-0.4, -0.2) is 57.2 Å². The number of amides is 1. The van der Waals surface area contributed by atoms with Crippen LogP contribution >= 0.6 is 0 Å². The highest BCUT2D eigenvalue weighted by atomic mass is 16.5. The number of carbonyl (C=O) groups is 1. The van der Waals surface area contributed by atoms with Gasteiger partial charge in [-0.3, -0.25) is 4.79 Å². The molecule has 2 aliphatic rings. The maximum Gasteiger partial charge on any atom is 0.232 e. The lowest BCUT2D eigenvalue weighted by Gasteiger charge is -2.38. The van der Waals surface area contributed by atoms with E-state index in [0.29, 0.717) is 25.7 Å². The summed E-state index contributed by atoms with van der Waals surface area (Å²) in [5, 5.41) is 3.01. The number of likely N-dealkylation sites (tertiary alicyclic amines) is 1.